The number of halogens is 2. The van der Waals surface area contributed by atoms with Crippen LogP contribution in [0, 0.1) is 0 Å². The lowest BCUT2D eigenvalue weighted by molar-refractivity contribution is -0.120. The Morgan fingerprint density at radius 3 is 2.52 bits per heavy atom. The van der Waals surface area contributed by atoms with Crippen LogP contribution in [0.4, 0.5) is 5.69 Å². The first-order chi connectivity index (χ1) is 10.9. The summed E-state index contributed by atoms with van der Waals surface area (Å²) in [6, 6.07) is 3.00. The Bertz CT molecular complexity index is 719. The highest BCUT2D eigenvalue weighted by atomic mass is 35.5. The molecular formula is C17H17Cl2NO3. The van der Waals surface area contributed by atoms with Crippen molar-refractivity contribution < 1.29 is 14.3 Å². The zero-order valence-electron chi connectivity index (χ0n) is 13.2. The van der Waals surface area contributed by atoms with Gasteiger partial charge in [0.1, 0.15) is 12.4 Å². The van der Waals surface area contributed by atoms with Crippen molar-refractivity contribution in [2.45, 2.75) is 27.2 Å². The number of imide groups is 1. The maximum Gasteiger partial charge on any atom is 0.261 e. The van der Waals surface area contributed by atoms with Crippen LogP contribution in [0.3, 0.4) is 0 Å². The van der Waals surface area contributed by atoms with Crippen LogP contribution in [-0.2, 0) is 9.59 Å². The Labute approximate surface area is 145 Å². The summed E-state index contributed by atoms with van der Waals surface area (Å²) in [4.78, 5) is 25.8. The number of hydrogen-bond acceptors (Lipinski definition) is 3. The number of nitrogens with zero attached hydrogens (tertiary/aromatic N) is 1. The number of hydrogen-bond donors (Lipinski definition) is 0. The van der Waals surface area contributed by atoms with E-state index in [0.29, 0.717) is 23.0 Å². The summed E-state index contributed by atoms with van der Waals surface area (Å²) >= 11 is 12.3. The van der Waals surface area contributed by atoms with E-state index in [-0.39, 0.29) is 28.9 Å². The van der Waals surface area contributed by atoms with Crippen molar-refractivity contribution in [2.24, 2.45) is 0 Å². The SMILES string of the molecule is CC=CCOc1cc(N2C(=O)CC(=C(C)C)C2=O)c(Cl)cc1Cl. The first-order valence-corrected chi connectivity index (χ1v) is 7.89. The lowest BCUT2D eigenvalue weighted by Gasteiger charge is -2.17. The molecule has 0 bridgehead atoms. The van der Waals surface area contributed by atoms with Crippen molar-refractivity contribution in [2.75, 3.05) is 11.5 Å². The maximum atomic E-state index is 12.5. The van der Waals surface area contributed by atoms with Gasteiger partial charge in [-0.05, 0) is 26.8 Å². The molecule has 6 heteroatoms. The summed E-state index contributed by atoms with van der Waals surface area (Å²) in [5.74, 6) is -0.288. The van der Waals surface area contributed by atoms with Crippen molar-refractivity contribution in [3.63, 3.8) is 0 Å². The predicted octanol–water partition coefficient (Wildman–Crippen LogP) is 4.55. The molecule has 1 aliphatic rings. The molecule has 0 aromatic heterocycles. The fraction of sp³-hybridized carbons (Fsp3) is 0.294. The molecule has 23 heavy (non-hydrogen) atoms. The van der Waals surface area contributed by atoms with Gasteiger partial charge in [-0.3, -0.25) is 9.59 Å². The first-order valence-electron chi connectivity index (χ1n) is 7.13. The molecule has 0 radical (unpaired) electrons. The van der Waals surface area contributed by atoms with E-state index in [0.717, 1.165) is 10.5 Å². The Hall–Kier alpha value is -1.78. The van der Waals surface area contributed by atoms with Crippen molar-refractivity contribution in [1.29, 1.82) is 0 Å². The molecule has 2 amide bonds. The largest absolute Gasteiger partial charge is 0.488 e. The van der Waals surface area contributed by atoms with Crippen LogP contribution in [-0.4, -0.2) is 18.4 Å². The molecular weight excluding hydrogens is 337 g/mol. The summed E-state index contributed by atoms with van der Waals surface area (Å²) in [7, 11) is 0. The fourth-order valence-corrected chi connectivity index (χ4v) is 2.75. The average molecular weight is 354 g/mol. The Balaban J connectivity index is 2.43. The first kappa shape index (κ1) is 17.6. The fourth-order valence-electron chi connectivity index (χ4n) is 2.22. The van der Waals surface area contributed by atoms with Gasteiger partial charge in [0, 0.05) is 11.6 Å². The molecule has 122 valence electrons. The molecule has 0 aliphatic carbocycles. The molecule has 2 rings (SSSR count). The van der Waals surface area contributed by atoms with Crippen LogP contribution in [0.2, 0.25) is 10.0 Å². The van der Waals surface area contributed by atoms with Crippen LogP contribution >= 0.6 is 23.2 Å². The lowest BCUT2D eigenvalue weighted by Crippen LogP contribution is -2.29. The van der Waals surface area contributed by atoms with Gasteiger partial charge in [0.15, 0.2) is 0 Å². The number of carbonyl (C=O) groups excluding carboxylic acids is 2. The number of anilines is 1. The van der Waals surface area contributed by atoms with Gasteiger partial charge in [0.25, 0.3) is 5.91 Å². The van der Waals surface area contributed by atoms with Gasteiger partial charge in [0.2, 0.25) is 5.91 Å². The monoisotopic (exact) mass is 353 g/mol. The summed E-state index contributed by atoms with van der Waals surface area (Å²) in [6.45, 7) is 5.82. The van der Waals surface area contributed by atoms with Crippen LogP contribution in [0.15, 0.2) is 35.4 Å². The zero-order chi connectivity index (χ0) is 17.1. The highest BCUT2D eigenvalue weighted by Gasteiger charge is 2.37. The number of carbonyl (C=O) groups is 2. The quantitative estimate of drug-likeness (QED) is 0.453. The Morgan fingerprint density at radius 1 is 1.26 bits per heavy atom. The Morgan fingerprint density at radius 2 is 1.96 bits per heavy atom. The molecule has 1 heterocycles. The third kappa shape index (κ3) is 3.59. The molecule has 0 saturated carbocycles. The highest BCUT2D eigenvalue weighted by Crippen LogP contribution is 2.39. The number of amides is 2. The number of benzene rings is 1. The van der Waals surface area contributed by atoms with Gasteiger partial charge in [-0.2, -0.15) is 0 Å². The highest BCUT2D eigenvalue weighted by molar-refractivity contribution is 6.39. The summed E-state index contributed by atoms with van der Waals surface area (Å²) in [6.07, 6.45) is 3.74. The van der Waals surface area contributed by atoms with Gasteiger partial charge in [0.05, 0.1) is 22.2 Å². The third-order valence-corrected chi connectivity index (χ3v) is 4.05. The van der Waals surface area contributed by atoms with Gasteiger partial charge in [-0.25, -0.2) is 4.90 Å². The van der Waals surface area contributed by atoms with Crippen molar-refractivity contribution in [1.82, 2.24) is 0 Å². The van der Waals surface area contributed by atoms with Gasteiger partial charge in [-0.15, -0.1) is 0 Å². The molecule has 1 fully saturated rings. The van der Waals surface area contributed by atoms with E-state index in [1.165, 1.54) is 12.1 Å². The zero-order valence-corrected chi connectivity index (χ0v) is 14.7. The normalized spacial score (nSPS) is 15.0. The summed E-state index contributed by atoms with van der Waals surface area (Å²) in [5.41, 5.74) is 1.61. The molecule has 1 saturated heterocycles. The Kier molecular flexibility index (Phi) is 5.50. The van der Waals surface area contributed by atoms with Gasteiger partial charge < -0.3 is 4.74 Å². The van der Waals surface area contributed by atoms with Crippen LogP contribution in [0.1, 0.15) is 27.2 Å². The van der Waals surface area contributed by atoms with E-state index in [2.05, 4.69) is 0 Å². The molecule has 1 aromatic carbocycles. The van der Waals surface area contributed by atoms with Crippen LogP contribution in [0.25, 0.3) is 0 Å². The van der Waals surface area contributed by atoms with Crippen molar-refractivity contribution in [3.8, 4) is 5.75 Å². The summed E-state index contributed by atoms with van der Waals surface area (Å²) in [5, 5.41) is 0.551. The lowest BCUT2D eigenvalue weighted by atomic mass is 10.1. The van der Waals surface area contributed by atoms with E-state index in [4.69, 9.17) is 27.9 Å². The number of allylic oxidation sites excluding steroid dienone is 2. The van der Waals surface area contributed by atoms with E-state index >= 15 is 0 Å². The summed E-state index contributed by atoms with van der Waals surface area (Å²) < 4.78 is 5.54. The molecule has 0 N–H and O–H groups in total. The van der Waals surface area contributed by atoms with E-state index < -0.39 is 0 Å². The third-order valence-electron chi connectivity index (χ3n) is 3.46. The predicted molar refractivity (Wildman–Crippen MR) is 92.3 cm³/mol. The second-order valence-corrected chi connectivity index (χ2v) is 6.12. The van der Waals surface area contributed by atoms with E-state index in [9.17, 15) is 9.59 Å². The van der Waals surface area contributed by atoms with Crippen molar-refractivity contribution in [3.05, 3.63) is 45.5 Å². The van der Waals surface area contributed by atoms with Crippen molar-refractivity contribution >= 4 is 40.7 Å². The average Bonchev–Trinajstić information content (AvgIpc) is 2.77. The molecule has 0 unspecified atom stereocenters. The van der Waals surface area contributed by atoms with Crippen LogP contribution < -0.4 is 9.64 Å². The van der Waals surface area contributed by atoms with Crippen LogP contribution in [0.5, 0.6) is 5.75 Å². The number of ether oxygens (including phenoxy) is 1. The van der Waals surface area contributed by atoms with Gasteiger partial charge in [-0.1, -0.05) is 40.9 Å². The topological polar surface area (TPSA) is 46.6 Å². The standard InChI is InChI=1S/C17H17Cl2NO3/c1-4-5-6-23-15-9-14(12(18)8-13(15)19)20-16(21)7-11(10(2)3)17(20)22/h4-5,8-9H,6-7H2,1-3H3. The minimum atomic E-state index is -0.348. The molecule has 0 atom stereocenters. The molecule has 1 aliphatic heterocycles. The maximum absolute atomic E-state index is 12.5. The second-order valence-electron chi connectivity index (χ2n) is 5.30. The van der Waals surface area contributed by atoms with E-state index in [1.807, 2.05) is 19.1 Å². The number of rotatable bonds is 4. The second kappa shape index (κ2) is 7.20. The van der Waals surface area contributed by atoms with E-state index in [1.54, 1.807) is 13.8 Å². The molecule has 4 nitrogen and oxygen atoms in total. The molecule has 1 aromatic rings. The minimum Gasteiger partial charge on any atom is -0.488 e. The molecule has 0 spiro atoms. The minimum absolute atomic E-state index is 0.0783. The van der Waals surface area contributed by atoms with Gasteiger partial charge >= 0.3 is 0 Å². The smallest absolute Gasteiger partial charge is 0.261 e.